The van der Waals surface area contributed by atoms with Crippen LogP contribution in [0.15, 0.2) is 47.1 Å². The van der Waals surface area contributed by atoms with Crippen LogP contribution in [-0.4, -0.2) is 24.3 Å². The molecule has 1 heterocycles. The van der Waals surface area contributed by atoms with Gasteiger partial charge in [0.25, 0.3) is 5.91 Å². The number of rotatable bonds is 3. The summed E-state index contributed by atoms with van der Waals surface area (Å²) in [7, 11) is 0. The number of esters is 1. The van der Waals surface area contributed by atoms with Crippen LogP contribution in [0.3, 0.4) is 0 Å². The van der Waals surface area contributed by atoms with E-state index < -0.39 is 5.97 Å². The van der Waals surface area contributed by atoms with Gasteiger partial charge in [-0.15, -0.1) is 0 Å². The fourth-order valence-electron chi connectivity index (χ4n) is 1.64. The van der Waals surface area contributed by atoms with Crippen LogP contribution in [-0.2, 0) is 9.53 Å². The Hall–Kier alpha value is -2.43. The number of nitrogens with one attached hydrogen (secondary N) is 1. The molecule has 0 spiro atoms. The predicted molar refractivity (Wildman–Crippen MR) is 70.7 cm³/mol. The topological polar surface area (TPSA) is 67.8 Å². The third kappa shape index (κ3) is 3.28. The van der Waals surface area contributed by atoms with E-state index in [4.69, 9.17) is 4.74 Å². The fourth-order valence-corrected chi connectivity index (χ4v) is 1.64. The number of ether oxygens (including phenoxy) is 1. The lowest BCUT2D eigenvalue weighted by Crippen LogP contribution is -2.29. The quantitative estimate of drug-likeness (QED) is 0.838. The van der Waals surface area contributed by atoms with E-state index in [1.165, 1.54) is 0 Å². The van der Waals surface area contributed by atoms with Crippen LogP contribution in [0, 0.1) is 0 Å². The largest absolute Gasteiger partial charge is 0.461 e. The maximum atomic E-state index is 11.9. The van der Waals surface area contributed by atoms with Crippen molar-refractivity contribution in [3.8, 4) is 0 Å². The summed E-state index contributed by atoms with van der Waals surface area (Å²) in [5.41, 5.74) is 0.792. The molecule has 1 aromatic carbocycles. The van der Waals surface area contributed by atoms with Gasteiger partial charge in [-0.05, 0) is 25.1 Å². The Labute approximate surface area is 111 Å². The standard InChI is InChI=1S/C14H14N2O3/c1-2-19-14(18)11-8-9-12(15-11)16-13(17)10-6-4-3-5-7-10/h3-8H,2,9H2,1H3,(H,15,16,17). The second kappa shape index (κ2) is 5.95. The van der Waals surface area contributed by atoms with Crippen LogP contribution in [0.1, 0.15) is 23.7 Å². The van der Waals surface area contributed by atoms with Crippen LogP contribution < -0.4 is 5.32 Å². The fraction of sp³-hybridized carbons (Fsp3) is 0.214. The normalized spacial score (nSPS) is 13.5. The molecule has 0 bridgehead atoms. The first-order valence-corrected chi connectivity index (χ1v) is 6.02. The molecule has 1 amide bonds. The number of hydrogen-bond donors (Lipinski definition) is 1. The molecule has 19 heavy (non-hydrogen) atoms. The second-order valence-electron chi connectivity index (χ2n) is 3.89. The zero-order valence-electron chi connectivity index (χ0n) is 10.6. The molecule has 0 saturated heterocycles. The second-order valence-corrected chi connectivity index (χ2v) is 3.89. The molecule has 1 N–H and O–H groups in total. The van der Waals surface area contributed by atoms with Crippen molar-refractivity contribution in [2.75, 3.05) is 6.61 Å². The van der Waals surface area contributed by atoms with Crippen molar-refractivity contribution in [1.82, 2.24) is 5.32 Å². The minimum atomic E-state index is -0.466. The molecule has 2 rings (SSSR count). The smallest absolute Gasteiger partial charge is 0.356 e. The van der Waals surface area contributed by atoms with Gasteiger partial charge in [-0.25, -0.2) is 9.79 Å². The number of hydrogen-bond acceptors (Lipinski definition) is 4. The molecule has 1 aliphatic heterocycles. The molecule has 1 aromatic rings. The number of amides is 1. The SMILES string of the molecule is CCOC(=O)C1=CCC(NC(=O)c2ccccc2)=N1. The number of benzene rings is 1. The van der Waals surface area contributed by atoms with Crippen molar-refractivity contribution in [2.45, 2.75) is 13.3 Å². The molecule has 0 aliphatic carbocycles. The van der Waals surface area contributed by atoms with Crippen molar-refractivity contribution >= 4 is 17.7 Å². The maximum absolute atomic E-state index is 11.9. The van der Waals surface area contributed by atoms with Gasteiger partial charge in [0, 0.05) is 12.0 Å². The zero-order valence-corrected chi connectivity index (χ0v) is 10.6. The molecule has 5 heteroatoms. The molecule has 0 radical (unpaired) electrons. The third-order valence-corrected chi connectivity index (χ3v) is 2.52. The zero-order chi connectivity index (χ0) is 13.7. The highest BCUT2D eigenvalue weighted by Gasteiger charge is 2.18. The Morgan fingerprint density at radius 2 is 2.05 bits per heavy atom. The van der Waals surface area contributed by atoms with E-state index in [-0.39, 0.29) is 11.6 Å². The molecule has 98 valence electrons. The monoisotopic (exact) mass is 258 g/mol. The first kappa shape index (κ1) is 13.0. The third-order valence-electron chi connectivity index (χ3n) is 2.52. The van der Waals surface area contributed by atoms with E-state index in [0.29, 0.717) is 24.4 Å². The van der Waals surface area contributed by atoms with Gasteiger partial charge < -0.3 is 10.1 Å². The summed E-state index contributed by atoms with van der Waals surface area (Å²) >= 11 is 0. The molecule has 0 atom stereocenters. The predicted octanol–water partition coefficient (Wildman–Crippen LogP) is 1.67. The number of aliphatic imine (C=N–C) groups is 1. The van der Waals surface area contributed by atoms with Crippen LogP contribution in [0.25, 0.3) is 0 Å². The first-order chi connectivity index (χ1) is 9.20. The molecule has 0 fully saturated rings. The molecule has 5 nitrogen and oxygen atoms in total. The highest BCUT2D eigenvalue weighted by molar-refractivity contribution is 6.09. The number of amidine groups is 1. The average Bonchev–Trinajstić information content (AvgIpc) is 2.88. The van der Waals surface area contributed by atoms with E-state index in [9.17, 15) is 9.59 Å². The van der Waals surface area contributed by atoms with E-state index in [1.54, 1.807) is 37.3 Å². The molecule has 0 unspecified atom stereocenters. The first-order valence-electron chi connectivity index (χ1n) is 6.02. The maximum Gasteiger partial charge on any atom is 0.356 e. The summed E-state index contributed by atoms with van der Waals surface area (Å²) in [6.07, 6.45) is 2.06. The molecule has 0 aromatic heterocycles. The van der Waals surface area contributed by atoms with Crippen molar-refractivity contribution in [3.05, 3.63) is 47.7 Å². The summed E-state index contributed by atoms with van der Waals surface area (Å²) in [4.78, 5) is 27.4. The average molecular weight is 258 g/mol. The molecular weight excluding hydrogens is 244 g/mol. The number of carbonyl (C=O) groups is 2. The summed E-state index contributed by atoms with van der Waals surface area (Å²) < 4.78 is 4.84. The van der Waals surface area contributed by atoms with Gasteiger partial charge in [-0.1, -0.05) is 18.2 Å². The number of carbonyl (C=O) groups excluding carboxylic acids is 2. The summed E-state index contributed by atoms with van der Waals surface area (Å²) in [6, 6.07) is 8.83. The Balaban J connectivity index is 1.97. The van der Waals surface area contributed by atoms with E-state index in [1.807, 2.05) is 6.07 Å². The Bertz CT molecular complexity index is 547. The minimum absolute atomic E-state index is 0.238. The van der Waals surface area contributed by atoms with Gasteiger partial charge in [0.1, 0.15) is 11.5 Å². The minimum Gasteiger partial charge on any atom is -0.461 e. The highest BCUT2D eigenvalue weighted by Crippen LogP contribution is 2.11. The Morgan fingerprint density at radius 1 is 1.32 bits per heavy atom. The lowest BCUT2D eigenvalue weighted by Gasteiger charge is -2.04. The lowest BCUT2D eigenvalue weighted by molar-refractivity contribution is -0.138. The van der Waals surface area contributed by atoms with Gasteiger partial charge in [0.05, 0.1) is 6.61 Å². The van der Waals surface area contributed by atoms with Crippen molar-refractivity contribution in [1.29, 1.82) is 0 Å². The van der Waals surface area contributed by atoms with Crippen molar-refractivity contribution in [2.24, 2.45) is 4.99 Å². The summed E-state index contributed by atoms with van der Waals surface area (Å²) in [5.74, 6) is -0.249. The van der Waals surface area contributed by atoms with Crippen molar-refractivity contribution in [3.63, 3.8) is 0 Å². The Kier molecular flexibility index (Phi) is 4.07. The summed E-state index contributed by atoms with van der Waals surface area (Å²) in [6.45, 7) is 2.03. The van der Waals surface area contributed by atoms with Crippen LogP contribution >= 0.6 is 0 Å². The van der Waals surface area contributed by atoms with Crippen LogP contribution in [0.4, 0.5) is 0 Å². The van der Waals surface area contributed by atoms with Crippen LogP contribution in [0.5, 0.6) is 0 Å². The lowest BCUT2D eigenvalue weighted by atomic mass is 10.2. The Morgan fingerprint density at radius 3 is 2.74 bits per heavy atom. The summed E-state index contributed by atoms with van der Waals surface area (Å²) in [5, 5.41) is 2.67. The van der Waals surface area contributed by atoms with Gasteiger partial charge in [-0.2, -0.15) is 0 Å². The van der Waals surface area contributed by atoms with E-state index >= 15 is 0 Å². The number of nitrogens with zero attached hydrogens (tertiary/aromatic N) is 1. The molecule has 1 aliphatic rings. The van der Waals surface area contributed by atoms with Crippen LogP contribution in [0.2, 0.25) is 0 Å². The van der Waals surface area contributed by atoms with Gasteiger partial charge in [-0.3, -0.25) is 4.79 Å². The molecular formula is C14H14N2O3. The van der Waals surface area contributed by atoms with E-state index in [0.717, 1.165) is 0 Å². The van der Waals surface area contributed by atoms with Gasteiger partial charge >= 0.3 is 5.97 Å². The van der Waals surface area contributed by atoms with E-state index in [2.05, 4.69) is 10.3 Å². The van der Waals surface area contributed by atoms with Gasteiger partial charge in [0.2, 0.25) is 0 Å². The van der Waals surface area contributed by atoms with Gasteiger partial charge in [0.15, 0.2) is 0 Å². The molecule has 0 saturated carbocycles. The highest BCUT2D eigenvalue weighted by atomic mass is 16.5. The van der Waals surface area contributed by atoms with Crippen molar-refractivity contribution < 1.29 is 14.3 Å².